The van der Waals surface area contributed by atoms with Crippen molar-refractivity contribution in [3.05, 3.63) is 0 Å². The van der Waals surface area contributed by atoms with Crippen molar-refractivity contribution in [3.63, 3.8) is 0 Å². The lowest BCUT2D eigenvalue weighted by Gasteiger charge is -2.28. The van der Waals surface area contributed by atoms with Gasteiger partial charge in [0.1, 0.15) is 0 Å². The van der Waals surface area contributed by atoms with Crippen LogP contribution in [0.1, 0.15) is 39.0 Å². The molecule has 1 saturated carbocycles. The van der Waals surface area contributed by atoms with Crippen molar-refractivity contribution in [3.8, 4) is 0 Å². The first kappa shape index (κ1) is 10.0. The van der Waals surface area contributed by atoms with Gasteiger partial charge in [0.2, 0.25) is 0 Å². The molecule has 72 valence electrons. The van der Waals surface area contributed by atoms with Gasteiger partial charge in [0.25, 0.3) is 0 Å². The fourth-order valence-corrected chi connectivity index (χ4v) is 2.19. The Morgan fingerprint density at radius 1 is 1.25 bits per heavy atom. The third-order valence-electron chi connectivity index (χ3n) is 2.97. The number of hydrogen-bond donors (Lipinski definition) is 2. The molecule has 1 fully saturated rings. The summed E-state index contributed by atoms with van der Waals surface area (Å²) in [7, 11) is 0. The molecule has 3 N–H and O–H groups in total. The molecule has 0 bridgehead atoms. The van der Waals surface area contributed by atoms with Crippen LogP contribution in [0.15, 0.2) is 0 Å². The molecule has 2 nitrogen and oxygen atoms in total. The van der Waals surface area contributed by atoms with Gasteiger partial charge in [-0.1, -0.05) is 12.8 Å². The van der Waals surface area contributed by atoms with E-state index < -0.39 is 0 Å². The van der Waals surface area contributed by atoms with Gasteiger partial charge in [-0.2, -0.15) is 0 Å². The molecule has 0 amide bonds. The maximum Gasteiger partial charge on any atom is 0.0514 e. The van der Waals surface area contributed by atoms with E-state index in [9.17, 15) is 5.11 Å². The molecule has 0 aromatic carbocycles. The van der Waals surface area contributed by atoms with E-state index in [4.69, 9.17) is 5.73 Å². The third kappa shape index (κ3) is 3.11. The summed E-state index contributed by atoms with van der Waals surface area (Å²) >= 11 is 0. The molecular weight excluding hydrogens is 150 g/mol. The Morgan fingerprint density at radius 3 is 2.17 bits per heavy atom. The third-order valence-corrected chi connectivity index (χ3v) is 2.97. The molecule has 1 unspecified atom stereocenters. The van der Waals surface area contributed by atoms with Gasteiger partial charge in [-0.3, -0.25) is 0 Å². The van der Waals surface area contributed by atoms with Gasteiger partial charge in [-0.05, 0) is 44.6 Å². The van der Waals surface area contributed by atoms with Crippen LogP contribution >= 0.6 is 0 Å². The Bertz CT molecular complexity index is 117. The van der Waals surface area contributed by atoms with E-state index in [1.807, 2.05) is 6.92 Å². The molecule has 1 aliphatic carbocycles. The molecule has 0 aromatic rings. The van der Waals surface area contributed by atoms with E-state index in [-0.39, 0.29) is 6.10 Å². The number of aliphatic hydroxyl groups is 1. The van der Waals surface area contributed by atoms with Crippen molar-refractivity contribution >= 4 is 0 Å². The zero-order valence-electron chi connectivity index (χ0n) is 8.00. The fourth-order valence-electron chi connectivity index (χ4n) is 2.19. The lowest BCUT2D eigenvalue weighted by Crippen LogP contribution is -2.23. The van der Waals surface area contributed by atoms with Crippen molar-refractivity contribution in [2.24, 2.45) is 17.6 Å². The second-order valence-electron chi connectivity index (χ2n) is 4.21. The maximum absolute atomic E-state index is 9.20. The highest BCUT2D eigenvalue weighted by Gasteiger charge is 2.20. The highest BCUT2D eigenvalue weighted by Crippen LogP contribution is 2.30. The molecule has 0 spiro atoms. The smallest absolute Gasteiger partial charge is 0.0514 e. The minimum absolute atomic E-state index is 0.121. The number of aliphatic hydroxyl groups excluding tert-OH is 1. The standard InChI is InChI=1S/C10H21NO/c1-8(12)6-9-2-4-10(7-11)5-3-9/h8-10,12H,2-7,11H2,1H3. The quantitative estimate of drug-likeness (QED) is 0.676. The van der Waals surface area contributed by atoms with Crippen molar-refractivity contribution in [2.75, 3.05) is 6.54 Å². The summed E-state index contributed by atoms with van der Waals surface area (Å²) in [6, 6.07) is 0. The van der Waals surface area contributed by atoms with Crippen LogP contribution in [0.5, 0.6) is 0 Å². The Labute approximate surface area is 75.2 Å². The molecule has 0 heterocycles. The molecule has 1 aliphatic rings. The summed E-state index contributed by atoms with van der Waals surface area (Å²) in [5.41, 5.74) is 5.60. The monoisotopic (exact) mass is 171 g/mol. The van der Waals surface area contributed by atoms with E-state index >= 15 is 0 Å². The Balaban J connectivity index is 2.17. The van der Waals surface area contributed by atoms with Gasteiger partial charge < -0.3 is 10.8 Å². The van der Waals surface area contributed by atoms with Crippen LogP contribution in [0.3, 0.4) is 0 Å². The van der Waals surface area contributed by atoms with Crippen LogP contribution < -0.4 is 5.73 Å². The number of nitrogens with two attached hydrogens (primary N) is 1. The average Bonchev–Trinajstić information content (AvgIpc) is 2.05. The Morgan fingerprint density at radius 2 is 1.75 bits per heavy atom. The Kier molecular flexibility index (Phi) is 4.02. The van der Waals surface area contributed by atoms with Crippen LogP contribution in [-0.2, 0) is 0 Å². The van der Waals surface area contributed by atoms with E-state index in [1.54, 1.807) is 0 Å². The lowest BCUT2D eigenvalue weighted by molar-refractivity contribution is 0.138. The van der Waals surface area contributed by atoms with Crippen molar-refractivity contribution in [2.45, 2.75) is 45.1 Å². The minimum Gasteiger partial charge on any atom is -0.393 e. The highest BCUT2D eigenvalue weighted by atomic mass is 16.3. The largest absolute Gasteiger partial charge is 0.393 e. The van der Waals surface area contributed by atoms with Gasteiger partial charge in [-0.25, -0.2) is 0 Å². The normalized spacial score (nSPS) is 33.2. The zero-order valence-corrected chi connectivity index (χ0v) is 8.00. The van der Waals surface area contributed by atoms with Crippen molar-refractivity contribution in [1.82, 2.24) is 0 Å². The van der Waals surface area contributed by atoms with Crippen LogP contribution in [-0.4, -0.2) is 17.8 Å². The van der Waals surface area contributed by atoms with Crippen LogP contribution in [0.4, 0.5) is 0 Å². The van der Waals surface area contributed by atoms with Gasteiger partial charge in [0.05, 0.1) is 6.10 Å². The van der Waals surface area contributed by atoms with Crippen molar-refractivity contribution < 1.29 is 5.11 Å². The minimum atomic E-state index is -0.121. The lowest BCUT2D eigenvalue weighted by atomic mass is 9.80. The van der Waals surface area contributed by atoms with Crippen LogP contribution in [0.25, 0.3) is 0 Å². The first-order valence-electron chi connectivity index (χ1n) is 5.10. The van der Waals surface area contributed by atoms with Gasteiger partial charge in [0, 0.05) is 0 Å². The van der Waals surface area contributed by atoms with E-state index in [1.165, 1.54) is 25.7 Å². The highest BCUT2D eigenvalue weighted by molar-refractivity contribution is 4.74. The molecule has 12 heavy (non-hydrogen) atoms. The first-order valence-corrected chi connectivity index (χ1v) is 5.10. The second-order valence-corrected chi connectivity index (χ2v) is 4.21. The van der Waals surface area contributed by atoms with Gasteiger partial charge in [0.15, 0.2) is 0 Å². The Hall–Kier alpha value is -0.0800. The molecular formula is C10H21NO. The first-order chi connectivity index (χ1) is 5.72. The van der Waals surface area contributed by atoms with Crippen LogP contribution in [0, 0.1) is 11.8 Å². The predicted octanol–water partition coefficient (Wildman–Crippen LogP) is 1.52. The second kappa shape index (κ2) is 4.83. The topological polar surface area (TPSA) is 46.2 Å². The fraction of sp³-hybridized carbons (Fsp3) is 1.00. The molecule has 0 aromatic heterocycles. The molecule has 0 saturated heterocycles. The zero-order chi connectivity index (χ0) is 8.97. The maximum atomic E-state index is 9.20. The predicted molar refractivity (Wildman–Crippen MR) is 50.8 cm³/mol. The number of hydrogen-bond acceptors (Lipinski definition) is 2. The van der Waals surface area contributed by atoms with Gasteiger partial charge in [-0.15, -0.1) is 0 Å². The summed E-state index contributed by atoms with van der Waals surface area (Å²) in [6.07, 6.45) is 5.95. The average molecular weight is 171 g/mol. The molecule has 0 aliphatic heterocycles. The SMILES string of the molecule is CC(O)CC1CCC(CN)CC1. The summed E-state index contributed by atoms with van der Waals surface area (Å²) in [5.74, 6) is 1.52. The molecule has 1 atom stereocenters. The summed E-state index contributed by atoms with van der Waals surface area (Å²) in [6.45, 7) is 2.73. The van der Waals surface area contributed by atoms with Crippen LogP contribution in [0.2, 0.25) is 0 Å². The van der Waals surface area contributed by atoms with Gasteiger partial charge >= 0.3 is 0 Å². The summed E-state index contributed by atoms with van der Waals surface area (Å²) < 4.78 is 0. The van der Waals surface area contributed by atoms with E-state index in [2.05, 4.69) is 0 Å². The summed E-state index contributed by atoms with van der Waals surface area (Å²) in [4.78, 5) is 0. The van der Waals surface area contributed by atoms with E-state index in [0.29, 0.717) is 0 Å². The van der Waals surface area contributed by atoms with Crippen molar-refractivity contribution in [1.29, 1.82) is 0 Å². The van der Waals surface area contributed by atoms with E-state index in [0.717, 1.165) is 24.8 Å². The number of rotatable bonds is 3. The molecule has 0 radical (unpaired) electrons. The molecule has 1 rings (SSSR count). The summed E-state index contributed by atoms with van der Waals surface area (Å²) in [5, 5.41) is 9.20. The molecule has 2 heteroatoms.